The second-order valence-corrected chi connectivity index (χ2v) is 6.69. The van der Waals surface area contributed by atoms with Gasteiger partial charge in [-0.15, -0.1) is 0 Å². The Morgan fingerprint density at radius 3 is 2.73 bits per heavy atom. The van der Waals surface area contributed by atoms with Crippen molar-refractivity contribution in [3.63, 3.8) is 0 Å². The number of fused-ring (bicyclic) bond motifs is 1. The third-order valence-corrected chi connectivity index (χ3v) is 4.92. The van der Waals surface area contributed by atoms with Crippen LogP contribution in [0.4, 0.5) is 0 Å². The molecular formula is C19H23NO6. The van der Waals surface area contributed by atoms with Crippen LogP contribution in [0.25, 0.3) is 11.0 Å². The molecule has 1 aliphatic rings. The molecule has 26 heavy (non-hydrogen) atoms. The number of para-hydroxylation sites is 1. The van der Waals surface area contributed by atoms with E-state index in [0.29, 0.717) is 30.5 Å². The molecule has 0 bridgehead atoms. The summed E-state index contributed by atoms with van der Waals surface area (Å²) in [5.41, 5.74) is 0.212. The van der Waals surface area contributed by atoms with Gasteiger partial charge in [-0.1, -0.05) is 18.2 Å². The molecule has 140 valence electrons. The first kappa shape index (κ1) is 18.4. The zero-order valence-electron chi connectivity index (χ0n) is 15.0. The summed E-state index contributed by atoms with van der Waals surface area (Å²) in [5.74, 6) is -1.04. The summed E-state index contributed by atoms with van der Waals surface area (Å²) in [6.07, 6.45) is 1.08. The fraction of sp³-hybridized carbons (Fsp3) is 0.474. The van der Waals surface area contributed by atoms with Gasteiger partial charge < -0.3 is 23.9 Å². The number of carbonyl (C=O) groups excluding carboxylic acids is 1. The van der Waals surface area contributed by atoms with E-state index in [2.05, 4.69) is 0 Å². The standard InChI is InChI=1S/C19H23NO6/c1-24-10-14-13-6-3-4-7-15(13)26-16(14)17(21)20-9-5-8-19(11-20,12-25-2)18(22)23/h3-4,6-7H,5,8-12H2,1-2H3,(H,22,23). The van der Waals surface area contributed by atoms with Crippen LogP contribution in [0.3, 0.4) is 0 Å². The molecule has 1 amide bonds. The van der Waals surface area contributed by atoms with Crippen molar-refractivity contribution in [3.05, 3.63) is 35.6 Å². The number of hydrogen-bond acceptors (Lipinski definition) is 5. The summed E-state index contributed by atoms with van der Waals surface area (Å²) in [5, 5.41) is 10.5. The molecule has 7 heteroatoms. The summed E-state index contributed by atoms with van der Waals surface area (Å²) >= 11 is 0. The Balaban J connectivity index is 1.95. The maximum Gasteiger partial charge on any atom is 0.313 e. The van der Waals surface area contributed by atoms with Crippen LogP contribution in [0.15, 0.2) is 28.7 Å². The number of carboxylic acid groups (broad SMARTS) is 1. The maximum atomic E-state index is 13.1. The molecule has 1 fully saturated rings. The number of amides is 1. The molecule has 2 aromatic rings. The number of furan rings is 1. The van der Waals surface area contributed by atoms with Crippen molar-refractivity contribution in [2.24, 2.45) is 5.41 Å². The van der Waals surface area contributed by atoms with Gasteiger partial charge in [0.05, 0.1) is 13.2 Å². The molecule has 1 aromatic heterocycles. The zero-order valence-corrected chi connectivity index (χ0v) is 15.0. The van der Waals surface area contributed by atoms with Gasteiger partial charge in [-0.2, -0.15) is 0 Å². The first-order valence-electron chi connectivity index (χ1n) is 8.53. The number of nitrogens with zero attached hydrogens (tertiary/aromatic N) is 1. The van der Waals surface area contributed by atoms with Crippen LogP contribution >= 0.6 is 0 Å². The first-order chi connectivity index (χ1) is 12.5. The Kier molecular flexibility index (Phi) is 5.29. The maximum absolute atomic E-state index is 13.1. The van der Waals surface area contributed by atoms with Gasteiger partial charge in [0.1, 0.15) is 11.0 Å². The van der Waals surface area contributed by atoms with Crippen molar-refractivity contribution in [3.8, 4) is 0 Å². The molecule has 1 saturated heterocycles. The second kappa shape index (κ2) is 7.47. The highest BCUT2D eigenvalue weighted by Gasteiger charge is 2.44. The van der Waals surface area contributed by atoms with Crippen LogP contribution < -0.4 is 0 Å². The molecule has 0 saturated carbocycles. The van der Waals surface area contributed by atoms with Crippen LogP contribution in [0, 0.1) is 5.41 Å². The van der Waals surface area contributed by atoms with E-state index < -0.39 is 11.4 Å². The number of rotatable bonds is 6. The molecule has 1 aliphatic heterocycles. The van der Waals surface area contributed by atoms with E-state index in [1.54, 1.807) is 18.1 Å². The highest BCUT2D eigenvalue weighted by molar-refractivity contribution is 5.99. The molecule has 0 aliphatic carbocycles. The molecule has 7 nitrogen and oxygen atoms in total. The van der Waals surface area contributed by atoms with E-state index in [1.807, 2.05) is 18.2 Å². The minimum atomic E-state index is -1.09. The van der Waals surface area contributed by atoms with Crippen molar-refractivity contribution in [1.82, 2.24) is 4.90 Å². The highest BCUT2D eigenvalue weighted by atomic mass is 16.5. The van der Waals surface area contributed by atoms with Gasteiger partial charge in [-0.3, -0.25) is 9.59 Å². The van der Waals surface area contributed by atoms with Gasteiger partial charge in [0, 0.05) is 38.3 Å². The molecule has 3 rings (SSSR count). The quantitative estimate of drug-likeness (QED) is 0.850. The number of aliphatic carboxylic acids is 1. The fourth-order valence-corrected chi connectivity index (χ4v) is 3.64. The predicted molar refractivity (Wildman–Crippen MR) is 94.0 cm³/mol. The fourth-order valence-electron chi connectivity index (χ4n) is 3.64. The minimum absolute atomic E-state index is 0.0666. The first-order valence-corrected chi connectivity index (χ1v) is 8.53. The number of carbonyl (C=O) groups is 2. The predicted octanol–water partition coefficient (Wildman–Crippen LogP) is 2.53. The summed E-state index contributed by atoms with van der Waals surface area (Å²) in [6, 6.07) is 7.40. The monoisotopic (exact) mass is 361 g/mol. The Labute approximate surface area is 151 Å². The number of benzene rings is 1. The normalized spacial score (nSPS) is 20.5. The van der Waals surface area contributed by atoms with Crippen LogP contribution in [0.5, 0.6) is 0 Å². The van der Waals surface area contributed by atoms with E-state index in [4.69, 9.17) is 13.9 Å². The average Bonchev–Trinajstić information content (AvgIpc) is 3.00. The lowest BCUT2D eigenvalue weighted by Gasteiger charge is -2.39. The van der Waals surface area contributed by atoms with Gasteiger partial charge in [0.2, 0.25) is 0 Å². The van der Waals surface area contributed by atoms with E-state index in [-0.39, 0.29) is 31.4 Å². The van der Waals surface area contributed by atoms with Crippen LogP contribution in [0.1, 0.15) is 29.0 Å². The lowest BCUT2D eigenvalue weighted by molar-refractivity contribution is -0.155. The SMILES string of the molecule is COCc1c(C(=O)N2CCCC(COC)(C(=O)O)C2)oc2ccccc12. The van der Waals surface area contributed by atoms with Gasteiger partial charge >= 0.3 is 5.97 Å². The van der Waals surface area contributed by atoms with E-state index in [1.165, 1.54) is 7.11 Å². The molecular weight excluding hydrogens is 338 g/mol. The van der Waals surface area contributed by atoms with Crippen LogP contribution in [0.2, 0.25) is 0 Å². The number of piperidine rings is 1. The van der Waals surface area contributed by atoms with Crippen molar-refractivity contribution < 1.29 is 28.6 Å². The summed E-state index contributed by atoms with van der Waals surface area (Å²) in [4.78, 5) is 26.5. The van der Waals surface area contributed by atoms with E-state index in [9.17, 15) is 14.7 Å². The largest absolute Gasteiger partial charge is 0.481 e. The van der Waals surface area contributed by atoms with Gasteiger partial charge in [-0.05, 0) is 18.9 Å². The molecule has 1 N–H and O–H groups in total. The van der Waals surface area contributed by atoms with Crippen LogP contribution in [-0.2, 0) is 20.9 Å². The minimum Gasteiger partial charge on any atom is -0.481 e. The van der Waals surface area contributed by atoms with Crippen molar-refractivity contribution in [2.75, 3.05) is 33.9 Å². The Morgan fingerprint density at radius 1 is 1.27 bits per heavy atom. The highest BCUT2D eigenvalue weighted by Crippen LogP contribution is 2.33. The summed E-state index contributed by atoms with van der Waals surface area (Å²) in [7, 11) is 3.03. The second-order valence-electron chi connectivity index (χ2n) is 6.69. The topological polar surface area (TPSA) is 89.2 Å². The van der Waals surface area contributed by atoms with Crippen molar-refractivity contribution >= 4 is 22.8 Å². The number of carboxylic acids is 1. The van der Waals surface area contributed by atoms with Crippen molar-refractivity contribution in [1.29, 1.82) is 0 Å². The molecule has 0 spiro atoms. The summed E-state index contributed by atoms with van der Waals surface area (Å²) < 4.78 is 16.2. The van der Waals surface area contributed by atoms with E-state index in [0.717, 1.165) is 5.39 Å². The van der Waals surface area contributed by atoms with Crippen molar-refractivity contribution in [2.45, 2.75) is 19.4 Å². The smallest absolute Gasteiger partial charge is 0.313 e. The molecule has 1 unspecified atom stereocenters. The average molecular weight is 361 g/mol. The lowest BCUT2D eigenvalue weighted by Crippen LogP contribution is -2.52. The molecule has 0 radical (unpaired) electrons. The molecule has 1 atom stereocenters. The summed E-state index contributed by atoms with van der Waals surface area (Å²) in [6.45, 7) is 0.894. The Bertz CT molecular complexity index is 809. The zero-order chi connectivity index (χ0) is 18.7. The van der Waals surface area contributed by atoms with Crippen LogP contribution in [-0.4, -0.2) is 55.8 Å². The number of hydrogen-bond donors (Lipinski definition) is 1. The lowest BCUT2D eigenvalue weighted by atomic mass is 9.80. The third kappa shape index (κ3) is 3.20. The number of methoxy groups -OCH3 is 2. The Hall–Kier alpha value is -2.38. The van der Waals surface area contributed by atoms with Gasteiger partial charge in [0.15, 0.2) is 5.76 Å². The molecule has 1 aromatic carbocycles. The molecule has 2 heterocycles. The van der Waals surface area contributed by atoms with E-state index >= 15 is 0 Å². The number of ether oxygens (including phenoxy) is 2. The van der Waals surface area contributed by atoms with Gasteiger partial charge in [0.25, 0.3) is 5.91 Å². The third-order valence-electron chi connectivity index (χ3n) is 4.92. The number of likely N-dealkylation sites (tertiary alicyclic amines) is 1. The Morgan fingerprint density at radius 2 is 2.04 bits per heavy atom. The van der Waals surface area contributed by atoms with Gasteiger partial charge in [-0.25, -0.2) is 0 Å².